The molecule has 0 atom stereocenters. The maximum absolute atomic E-state index is 12.3. The van der Waals surface area contributed by atoms with Crippen LogP contribution in [0.3, 0.4) is 0 Å². The fourth-order valence-electron chi connectivity index (χ4n) is 1.76. The number of thioether (sulfide) groups is 1. The molecule has 0 saturated heterocycles. The van der Waals surface area contributed by atoms with Crippen molar-refractivity contribution in [3.8, 4) is 0 Å². The molecule has 4 nitrogen and oxygen atoms in total. The van der Waals surface area contributed by atoms with Crippen LogP contribution in [0.2, 0.25) is 0 Å². The summed E-state index contributed by atoms with van der Waals surface area (Å²) in [7, 11) is 0. The van der Waals surface area contributed by atoms with Crippen molar-refractivity contribution in [3.63, 3.8) is 0 Å². The van der Waals surface area contributed by atoms with Gasteiger partial charge >= 0.3 is 5.97 Å². The largest absolute Gasteiger partial charge is 0.480 e. The zero-order chi connectivity index (χ0) is 15.1. The van der Waals surface area contributed by atoms with Gasteiger partial charge < -0.3 is 10.0 Å². The molecule has 0 fully saturated rings. The van der Waals surface area contributed by atoms with Gasteiger partial charge in [0, 0.05) is 17.4 Å². The quantitative estimate of drug-likeness (QED) is 0.840. The first-order valence-electron chi connectivity index (χ1n) is 6.65. The lowest BCUT2D eigenvalue weighted by Gasteiger charge is -2.25. The van der Waals surface area contributed by atoms with E-state index in [4.69, 9.17) is 5.11 Å². The van der Waals surface area contributed by atoms with E-state index in [1.807, 2.05) is 37.7 Å². The van der Waals surface area contributed by atoms with Crippen molar-refractivity contribution >= 4 is 23.6 Å². The summed E-state index contributed by atoms with van der Waals surface area (Å²) in [6, 6.07) is 7.24. The fraction of sp³-hybridized carbons (Fsp3) is 0.467. The van der Waals surface area contributed by atoms with Gasteiger partial charge in [-0.15, -0.1) is 0 Å². The van der Waals surface area contributed by atoms with E-state index in [9.17, 15) is 9.59 Å². The monoisotopic (exact) mass is 295 g/mol. The molecule has 0 aliphatic heterocycles. The van der Waals surface area contributed by atoms with Crippen LogP contribution in [-0.2, 0) is 10.5 Å². The third-order valence-corrected chi connectivity index (χ3v) is 3.81. The highest BCUT2D eigenvalue weighted by Gasteiger charge is 2.21. The van der Waals surface area contributed by atoms with Crippen LogP contribution < -0.4 is 0 Å². The second kappa shape index (κ2) is 7.94. The van der Waals surface area contributed by atoms with Gasteiger partial charge in [0.05, 0.1) is 0 Å². The van der Waals surface area contributed by atoms with E-state index in [1.165, 1.54) is 10.5 Å². The van der Waals surface area contributed by atoms with Crippen LogP contribution in [0.15, 0.2) is 24.3 Å². The number of carboxylic acid groups (broad SMARTS) is 1. The number of rotatable bonds is 7. The summed E-state index contributed by atoms with van der Waals surface area (Å²) in [6.07, 6.45) is 0. The maximum atomic E-state index is 12.3. The minimum Gasteiger partial charge on any atom is -0.480 e. The van der Waals surface area contributed by atoms with Gasteiger partial charge in [-0.2, -0.15) is 11.8 Å². The molecule has 1 amide bonds. The molecule has 0 aromatic heterocycles. The smallest absolute Gasteiger partial charge is 0.323 e. The molecular weight excluding hydrogens is 274 g/mol. The first kappa shape index (κ1) is 16.6. The third-order valence-electron chi connectivity index (χ3n) is 2.86. The highest BCUT2D eigenvalue weighted by molar-refractivity contribution is 7.98. The third kappa shape index (κ3) is 4.89. The van der Waals surface area contributed by atoms with Crippen LogP contribution in [0, 0.1) is 0 Å². The van der Waals surface area contributed by atoms with Crippen molar-refractivity contribution in [1.82, 2.24) is 4.90 Å². The molecule has 1 aromatic rings. The van der Waals surface area contributed by atoms with Crippen LogP contribution in [0.4, 0.5) is 0 Å². The zero-order valence-electron chi connectivity index (χ0n) is 12.1. The van der Waals surface area contributed by atoms with Crippen LogP contribution in [0.5, 0.6) is 0 Å². The van der Waals surface area contributed by atoms with Gasteiger partial charge in [-0.1, -0.05) is 19.1 Å². The number of hydrogen-bond donors (Lipinski definition) is 1. The predicted octanol–water partition coefficient (Wildman–Crippen LogP) is 2.87. The summed E-state index contributed by atoms with van der Waals surface area (Å²) >= 11 is 1.82. The molecule has 5 heteroatoms. The molecule has 1 aromatic carbocycles. The lowest BCUT2D eigenvalue weighted by molar-refractivity contribution is -0.138. The second-order valence-electron chi connectivity index (χ2n) is 4.75. The average molecular weight is 295 g/mol. The Morgan fingerprint density at radius 3 is 2.30 bits per heavy atom. The van der Waals surface area contributed by atoms with Crippen molar-refractivity contribution in [2.45, 2.75) is 32.6 Å². The second-order valence-corrected chi connectivity index (χ2v) is 6.03. The minimum atomic E-state index is -0.997. The molecule has 0 aliphatic rings. The number of amides is 1. The summed E-state index contributed by atoms with van der Waals surface area (Å²) in [5.74, 6) is 0.745. The Labute approximate surface area is 124 Å². The van der Waals surface area contributed by atoms with E-state index in [2.05, 4.69) is 6.92 Å². The van der Waals surface area contributed by atoms with Gasteiger partial charge in [0.1, 0.15) is 6.54 Å². The molecule has 0 bridgehead atoms. The normalized spacial score (nSPS) is 10.6. The molecular formula is C15H21NO3S. The van der Waals surface area contributed by atoms with Gasteiger partial charge in [-0.25, -0.2) is 0 Å². The Morgan fingerprint density at radius 2 is 1.85 bits per heavy atom. The van der Waals surface area contributed by atoms with Crippen molar-refractivity contribution in [3.05, 3.63) is 35.4 Å². The van der Waals surface area contributed by atoms with Gasteiger partial charge in [0.2, 0.25) is 0 Å². The molecule has 0 heterocycles. The topological polar surface area (TPSA) is 57.6 Å². The molecule has 0 radical (unpaired) electrons. The lowest BCUT2D eigenvalue weighted by Crippen LogP contribution is -2.40. The lowest BCUT2D eigenvalue weighted by atomic mass is 10.1. The highest BCUT2D eigenvalue weighted by atomic mass is 32.2. The van der Waals surface area contributed by atoms with Gasteiger partial charge in [0.25, 0.3) is 5.91 Å². The summed E-state index contributed by atoms with van der Waals surface area (Å²) in [4.78, 5) is 24.5. The SMILES string of the molecule is CCSCc1ccc(C(=O)N(CC(=O)O)C(C)C)cc1. The Bertz CT molecular complexity index is 457. The van der Waals surface area contributed by atoms with Gasteiger partial charge in [0.15, 0.2) is 0 Å². The minimum absolute atomic E-state index is 0.145. The standard InChI is InChI=1S/C15H21NO3S/c1-4-20-10-12-5-7-13(8-6-12)15(19)16(11(2)3)9-14(17)18/h5-8,11H,4,9-10H2,1-3H3,(H,17,18). The van der Waals surface area contributed by atoms with E-state index < -0.39 is 5.97 Å². The molecule has 0 saturated carbocycles. The van der Waals surface area contributed by atoms with Gasteiger partial charge in [-0.3, -0.25) is 9.59 Å². The van der Waals surface area contributed by atoms with E-state index in [1.54, 1.807) is 12.1 Å². The van der Waals surface area contributed by atoms with Crippen LogP contribution in [0.25, 0.3) is 0 Å². The van der Waals surface area contributed by atoms with E-state index >= 15 is 0 Å². The molecule has 0 unspecified atom stereocenters. The van der Waals surface area contributed by atoms with Crippen LogP contribution in [-0.4, -0.2) is 40.2 Å². The summed E-state index contributed by atoms with van der Waals surface area (Å²) in [6.45, 7) is 5.46. The number of benzene rings is 1. The number of carbonyl (C=O) groups excluding carboxylic acids is 1. The first-order valence-corrected chi connectivity index (χ1v) is 7.80. The van der Waals surface area contributed by atoms with Crippen LogP contribution in [0.1, 0.15) is 36.7 Å². The number of hydrogen-bond acceptors (Lipinski definition) is 3. The summed E-state index contributed by atoms with van der Waals surface area (Å²) in [5.41, 5.74) is 1.70. The van der Waals surface area contributed by atoms with Crippen molar-refractivity contribution in [2.75, 3.05) is 12.3 Å². The van der Waals surface area contributed by atoms with E-state index in [-0.39, 0.29) is 18.5 Å². The van der Waals surface area contributed by atoms with Crippen molar-refractivity contribution in [2.24, 2.45) is 0 Å². The summed E-state index contributed by atoms with van der Waals surface area (Å²) < 4.78 is 0. The zero-order valence-corrected chi connectivity index (χ0v) is 12.9. The van der Waals surface area contributed by atoms with Gasteiger partial charge in [-0.05, 0) is 37.3 Å². The Hall–Kier alpha value is -1.49. The fourth-order valence-corrected chi connectivity index (χ4v) is 2.40. The number of nitrogens with zero attached hydrogens (tertiary/aromatic N) is 1. The molecule has 0 spiro atoms. The Balaban J connectivity index is 2.81. The maximum Gasteiger partial charge on any atom is 0.323 e. The average Bonchev–Trinajstić information content (AvgIpc) is 2.42. The molecule has 1 N–H and O–H groups in total. The molecule has 0 aliphatic carbocycles. The Kier molecular flexibility index (Phi) is 6.58. The highest BCUT2D eigenvalue weighted by Crippen LogP contribution is 2.14. The molecule has 110 valence electrons. The number of carboxylic acids is 1. The van der Waals surface area contributed by atoms with E-state index in [0.717, 1.165) is 11.5 Å². The summed E-state index contributed by atoms with van der Waals surface area (Å²) in [5, 5.41) is 8.87. The van der Waals surface area contributed by atoms with Crippen molar-refractivity contribution < 1.29 is 14.7 Å². The number of carbonyl (C=O) groups is 2. The van der Waals surface area contributed by atoms with E-state index in [0.29, 0.717) is 5.56 Å². The molecule has 20 heavy (non-hydrogen) atoms. The molecule has 1 rings (SSSR count). The number of aliphatic carboxylic acids is 1. The Morgan fingerprint density at radius 1 is 1.25 bits per heavy atom. The first-order chi connectivity index (χ1) is 9.45. The predicted molar refractivity (Wildman–Crippen MR) is 82.1 cm³/mol. The van der Waals surface area contributed by atoms with Crippen LogP contribution >= 0.6 is 11.8 Å². The van der Waals surface area contributed by atoms with Crippen molar-refractivity contribution in [1.29, 1.82) is 0 Å².